The average Bonchev–Trinajstić information content (AvgIpc) is 2.29. The van der Waals surface area contributed by atoms with Crippen LogP contribution in [0.1, 0.15) is 13.8 Å². The molecular weight excluding hydrogens is 287 g/mol. The number of nitrogens with one attached hydrogen (secondary N) is 1. The molecule has 1 aromatic rings. The number of benzene rings is 1. The van der Waals surface area contributed by atoms with Gasteiger partial charge in [-0.3, -0.25) is 4.79 Å². The van der Waals surface area contributed by atoms with Gasteiger partial charge in [-0.2, -0.15) is 0 Å². The summed E-state index contributed by atoms with van der Waals surface area (Å²) in [4.78, 5) is 13.3. The molecule has 1 rings (SSSR count). The largest absolute Gasteiger partial charge is 0.376 e. The van der Waals surface area contributed by atoms with Crippen LogP contribution in [0.15, 0.2) is 22.7 Å². The van der Waals surface area contributed by atoms with Gasteiger partial charge in [-0.15, -0.1) is 0 Å². The molecule has 0 aliphatic rings. The lowest BCUT2D eigenvalue weighted by molar-refractivity contribution is -0.129. The fraction of sp³-hybridized carbons (Fsp3) is 0.417. The molecule has 1 amide bonds. The highest BCUT2D eigenvalue weighted by molar-refractivity contribution is 9.10. The zero-order chi connectivity index (χ0) is 13.0. The van der Waals surface area contributed by atoms with Gasteiger partial charge in [-0.05, 0) is 48.0 Å². The van der Waals surface area contributed by atoms with Gasteiger partial charge in [-0.25, -0.2) is 4.39 Å². The molecule has 17 heavy (non-hydrogen) atoms. The van der Waals surface area contributed by atoms with E-state index in [1.807, 2.05) is 13.8 Å². The summed E-state index contributed by atoms with van der Waals surface area (Å²) in [5.41, 5.74) is 0.712. The summed E-state index contributed by atoms with van der Waals surface area (Å²) in [6.07, 6.45) is 0. The zero-order valence-electron chi connectivity index (χ0n) is 10.1. The Kier molecular flexibility index (Phi) is 4.93. The van der Waals surface area contributed by atoms with Crippen molar-refractivity contribution in [2.24, 2.45) is 0 Å². The van der Waals surface area contributed by atoms with E-state index in [2.05, 4.69) is 21.2 Å². The third-order valence-corrected chi connectivity index (χ3v) is 3.14. The van der Waals surface area contributed by atoms with Crippen molar-refractivity contribution in [3.8, 4) is 0 Å². The normalized spacial score (nSPS) is 10.5. The van der Waals surface area contributed by atoms with Crippen LogP contribution < -0.4 is 5.32 Å². The molecule has 0 aliphatic carbocycles. The van der Waals surface area contributed by atoms with Gasteiger partial charge in [-0.1, -0.05) is 0 Å². The van der Waals surface area contributed by atoms with Gasteiger partial charge in [0.25, 0.3) is 0 Å². The molecule has 1 aromatic carbocycles. The Morgan fingerprint density at radius 3 is 2.71 bits per heavy atom. The van der Waals surface area contributed by atoms with E-state index < -0.39 is 0 Å². The van der Waals surface area contributed by atoms with Crippen molar-refractivity contribution in [3.05, 3.63) is 28.5 Å². The minimum atomic E-state index is -0.318. The first kappa shape index (κ1) is 14.0. The van der Waals surface area contributed by atoms with Gasteiger partial charge in [0.05, 0.1) is 11.0 Å². The lowest BCUT2D eigenvalue weighted by Gasteiger charge is -2.21. The summed E-state index contributed by atoms with van der Waals surface area (Å²) in [5.74, 6) is -0.318. The highest BCUT2D eigenvalue weighted by Crippen LogP contribution is 2.19. The number of anilines is 1. The van der Waals surface area contributed by atoms with Crippen molar-refractivity contribution in [1.82, 2.24) is 4.90 Å². The summed E-state index contributed by atoms with van der Waals surface area (Å²) in [6, 6.07) is 4.73. The number of hydrogen-bond acceptors (Lipinski definition) is 2. The second-order valence-corrected chi connectivity index (χ2v) is 4.94. The molecule has 0 unspecified atom stereocenters. The highest BCUT2D eigenvalue weighted by Gasteiger charge is 2.11. The predicted octanol–water partition coefficient (Wildman–Crippen LogP) is 2.87. The quantitative estimate of drug-likeness (QED) is 0.927. The molecule has 0 spiro atoms. The summed E-state index contributed by atoms with van der Waals surface area (Å²) in [7, 11) is 1.76. The molecule has 0 saturated carbocycles. The van der Waals surface area contributed by atoms with Crippen LogP contribution in [0.3, 0.4) is 0 Å². The number of likely N-dealkylation sites (N-methyl/N-ethyl adjacent to an activating group) is 1. The molecule has 0 bridgehead atoms. The molecule has 0 saturated heterocycles. The molecule has 0 fully saturated rings. The van der Waals surface area contributed by atoms with E-state index in [1.54, 1.807) is 24.1 Å². The van der Waals surface area contributed by atoms with Crippen molar-refractivity contribution >= 4 is 27.5 Å². The Morgan fingerprint density at radius 2 is 2.18 bits per heavy atom. The Bertz CT molecular complexity index is 409. The third-order valence-electron chi connectivity index (χ3n) is 2.53. The van der Waals surface area contributed by atoms with Crippen molar-refractivity contribution in [2.45, 2.75) is 19.9 Å². The Morgan fingerprint density at radius 1 is 1.53 bits per heavy atom. The van der Waals surface area contributed by atoms with E-state index in [-0.39, 0.29) is 24.3 Å². The minimum Gasteiger partial charge on any atom is -0.376 e. The van der Waals surface area contributed by atoms with E-state index in [1.165, 1.54) is 6.07 Å². The molecular formula is C12H16BrFN2O. The van der Waals surface area contributed by atoms with E-state index in [0.717, 1.165) is 0 Å². The van der Waals surface area contributed by atoms with Gasteiger partial charge in [0, 0.05) is 18.8 Å². The number of carbonyl (C=O) groups excluding carboxylic acids is 1. The molecule has 0 radical (unpaired) electrons. The smallest absolute Gasteiger partial charge is 0.241 e. The van der Waals surface area contributed by atoms with Crippen LogP contribution in [-0.2, 0) is 4.79 Å². The fourth-order valence-corrected chi connectivity index (χ4v) is 1.58. The van der Waals surface area contributed by atoms with Crippen LogP contribution in [0.5, 0.6) is 0 Å². The average molecular weight is 303 g/mol. The predicted molar refractivity (Wildman–Crippen MR) is 70.5 cm³/mol. The number of halogens is 2. The lowest BCUT2D eigenvalue weighted by Crippen LogP contribution is -2.37. The van der Waals surface area contributed by atoms with Gasteiger partial charge < -0.3 is 10.2 Å². The van der Waals surface area contributed by atoms with Gasteiger partial charge in [0.15, 0.2) is 0 Å². The SMILES string of the molecule is CC(C)N(C)C(=O)CNc1ccc(F)c(Br)c1. The minimum absolute atomic E-state index is 0.000414. The summed E-state index contributed by atoms with van der Waals surface area (Å²) in [6.45, 7) is 4.10. The van der Waals surface area contributed by atoms with Crippen LogP contribution in [0.2, 0.25) is 0 Å². The lowest BCUT2D eigenvalue weighted by atomic mass is 10.3. The maximum Gasteiger partial charge on any atom is 0.241 e. The molecule has 0 aliphatic heterocycles. The Hall–Kier alpha value is -1.10. The number of hydrogen-bond donors (Lipinski definition) is 1. The summed E-state index contributed by atoms with van der Waals surface area (Å²) in [5, 5.41) is 2.96. The molecule has 5 heteroatoms. The topological polar surface area (TPSA) is 32.3 Å². The van der Waals surface area contributed by atoms with Crippen molar-refractivity contribution in [3.63, 3.8) is 0 Å². The van der Waals surface area contributed by atoms with Crippen LogP contribution in [0, 0.1) is 5.82 Å². The zero-order valence-corrected chi connectivity index (χ0v) is 11.7. The van der Waals surface area contributed by atoms with Gasteiger partial charge >= 0.3 is 0 Å². The second-order valence-electron chi connectivity index (χ2n) is 4.08. The van der Waals surface area contributed by atoms with E-state index in [0.29, 0.717) is 10.2 Å². The summed E-state index contributed by atoms with van der Waals surface area (Å²) < 4.78 is 13.4. The van der Waals surface area contributed by atoms with E-state index in [4.69, 9.17) is 0 Å². The first-order chi connectivity index (χ1) is 7.91. The Labute approximate surface area is 109 Å². The molecule has 3 nitrogen and oxygen atoms in total. The maximum absolute atomic E-state index is 13.0. The molecule has 0 heterocycles. The molecule has 1 N–H and O–H groups in total. The first-order valence-corrected chi connectivity index (χ1v) is 6.15. The van der Waals surface area contributed by atoms with Crippen LogP contribution in [0.25, 0.3) is 0 Å². The van der Waals surface area contributed by atoms with Crippen LogP contribution in [-0.4, -0.2) is 30.4 Å². The monoisotopic (exact) mass is 302 g/mol. The number of amides is 1. The maximum atomic E-state index is 13.0. The second kappa shape index (κ2) is 6.00. The first-order valence-electron chi connectivity index (χ1n) is 5.36. The van der Waals surface area contributed by atoms with E-state index >= 15 is 0 Å². The van der Waals surface area contributed by atoms with Crippen molar-refractivity contribution < 1.29 is 9.18 Å². The standard InChI is InChI=1S/C12H16BrFN2O/c1-8(2)16(3)12(17)7-15-9-4-5-11(14)10(13)6-9/h4-6,8,15H,7H2,1-3H3. The van der Waals surface area contributed by atoms with Crippen molar-refractivity contribution in [1.29, 1.82) is 0 Å². The number of carbonyl (C=O) groups is 1. The van der Waals surface area contributed by atoms with Gasteiger partial charge in [0.2, 0.25) is 5.91 Å². The number of nitrogens with zero attached hydrogens (tertiary/aromatic N) is 1. The number of rotatable bonds is 4. The molecule has 94 valence electrons. The van der Waals surface area contributed by atoms with Crippen molar-refractivity contribution in [2.75, 3.05) is 18.9 Å². The summed E-state index contributed by atoms with van der Waals surface area (Å²) >= 11 is 3.09. The van der Waals surface area contributed by atoms with Crippen LogP contribution in [0.4, 0.5) is 10.1 Å². The van der Waals surface area contributed by atoms with E-state index in [9.17, 15) is 9.18 Å². The van der Waals surface area contributed by atoms with Crippen LogP contribution >= 0.6 is 15.9 Å². The molecule has 0 atom stereocenters. The third kappa shape index (κ3) is 4.00. The fourth-order valence-electron chi connectivity index (χ4n) is 1.20. The van der Waals surface area contributed by atoms with Gasteiger partial charge in [0.1, 0.15) is 5.82 Å². The highest BCUT2D eigenvalue weighted by atomic mass is 79.9. The molecule has 0 aromatic heterocycles. The Balaban J connectivity index is 2.56.